The third kappa shape index (κ3) is 5.39. The van der Waals surface area contributed by atoms with Crippen LogP contribution in [0.25, 0.3) is 0 Å². The van der Waals surface area contributed by atoms with E-state index in [-0.39, 0.29) is 23.9 Å². The van der Waals surface area contributed by atoms with Gasteiger partial charge in [-0.1, -0.05) is 12.1 Å². The number of amides is 1. The first-order valence-corrected chi connectivity index (χ1v) is 9.52. The van der Waals surface area contributed by atoms with Gasteiger partial charge < -0.3 is 10.1 Å². The highest BCUT2D eigenvalue weighted by Gasteiger charge is 2.25. The van der Waals surface area contributed by atoms with Crippen LogP contribution in [0.2, 0.25) is 0 Å². The van der Waals surface area contributed by atoms with Gasteiger partial charge in [0.25, 0.3) is 0 Å². The molecule has 0 saturated carbocycles. The van der Waals surface area contributed by atoms with Crippen molar-refractivity contribution in [3.05, 3.63) is 65.2 Å². The largest absolute Gasteiger partial charge is 0.467 e. The zero-order valence-electron chi connectivity index (χ0n) is 15.1. The molecule has 5 nitrogen and oxygen atoms in total. The summed E-state index contributed by atoms with van der Waals surface area (Å²) in [4.78, 5) is 27.9. The molecule has 1 amide bonds. The summed E-state index contributed by atoms with van der Waals surface area (Å²) in [5, 5.41) is 3.56. The average molecular weight is 404 g/mol. The minimum absolute atomic E-state index is 0.126. The number of anilines is 1. The molecule has 0 radical (unpaired) electrons. The Kier molecular flexibility index (Phi) is 6.41. The predicted molar refractivity (Wildman–Crippen MR) is 105 cm³/mol. The Hall–Kier alpha value is -2.74. The average Bonchev–Trinajstić information content (AvgIpc) is 3.10. The summed E-state index contributed by atoms with van der Waals surface area (Å²) >= 11 is 1.53. The molecule has 0 aromatic heterocycles. The molecule has 1 atom stereocenters. The highest BCUT2D eigenvalue weighted by atomic mass is 32.2. The number of nitrogens with zero attached hydrogens (tertiary/aromatic N) is 1. The zero-order valence-corrected chi connectivity index (χ0v) is 15.9. The Labute approximate surface area is 165 Å². The zero-order chi connectivity index (χ0) is 20.1. The number of hydrogen-bond donors (Lipinski definition) is 1. The SMILES string of the molecule is COC(=O)[C@H]1CSC(Cc2ccc(NC(=O)Cc3cc(F)cc(F)c3)cc2)=N1. The second kappa shape index (κ2) is 8.97. The first-order valence-electron chi connectivity index (χ1n) is 8.54. The van der Waals surface area contributed by atoms with E-state index in [1.54, 1.807) is 12.1 Å². The van der Waals surface area contributed by atoms with Crippen LogP contribution >= 0.6 is 11.8 Å². The number of halogens is 2. The molecule has 1 aliphatic heterocycles. The maximum absolute atomic E-state index is 13.2. The molecule has 1 N–H and O–H groups in total. The molecule has 0 bridgehead atoms. The highest BCUT2D eigenvalue weighted by molar-refractivity contribution is 8.14. The molecule has 8 heteroatoms. The van der Waals surface area contributed by atoms with Crippen LogP contribution in [0, 0.1) is 11.6 Å². The number of carbonyl (C=O) groups is 2. The molecule has 0 fully saturated rings. The summed E-state index contributed by atoms with van der Waals surface area (Å²) in [5.41, 5.74) is 1.84. The fourth-order valence-electron chi connectivity index (χ4n) is 2.76. The molecule has 1 heterocycles. The summed E-state index contributed by atoms with van der Waals surface area (Å²) < 4.78 is 31.1. The summed E-state index contributed by atoms with van der Waals surface area (Å²) in [6.45, 7) is 0. The van der Waals surface area contributed by atoms with Crippen LogP contribution in [-0.2, 0) is 27.2 Å². The molecule has 2 aromatic carbocycles. The van der Waals surface area contributed by atoms with Crippen molar-refractivity contribution in [2.75, 3.05) is 18.2 Å². The molecule has 0 spiro atoms. The van der Waals surface area contributed by atoms with Crippen molar-refractivity contribution in [2.24, 2.45) is 4.99 Å². The van der Waals surface area contributed by atoms with Crippen LogP contribution < -0.4 is 5.32 Å². The number of methoxy groups -OCH3 is 1. The first-order chi connectivity index (χ1) is 13.4. The molecule has 0 aliphatic carbocycles. The number of rotatable bonds is 6. The van der Waals surface area contributed by atoms with E-state index in [9.17, 15) is 18.4 Å². The van der Waals surface area contributed by atoms with Crippen LogP contribution in [0.1, 0.15) is 11.1 Å². The number of nitrogens with one attached hydrogen (secondary N) is 1. The number of carbonyl (C=O) groups excluding carboxylic acids is 2. The van der Waals surface area contributed by atoms with Gasteiger partial charge in [0.15, 0.2) is 6.04 Å². The number of aliphatic imine (C=N–C) groups is 1. The van der Waals surface area contributed by atoms with E-state index in [1.165, 1.54) is 18.9 Å². The summed E-state index contributed by atoms with van der Waals surface area (Å²) in [6.07, 6.45) is 0.466. The molecule has 0 unspecified atom stereocenters. The maximum atomic E-state index is 13.2. The molecule has 0 saturated heterocycles. The van der Waals surface area contributed by atoms with E-state index in [0.29, 0.717) is 17.9 Å². The van der Waals surface area contributed by atoms with Crippen LogP contribution in [0.5, 0.6) is 0 Å². The van der Waals surface area contributed by atoms with Crippen molar-refractivity contribution in [1.29, 1.82) is 0 Å². The Morgan fingerprint density at radius 2 is 1.82 bits per heavy atom. The molecule has 3 rings (SSSR count). The normalized spacial score (nSPS) is 15.8. The van der Waals surface area contributed by atoms with Gasteiger partial charge in [0.2, 0.25) is 5.91 Å². The second-order valence-corrected chi connectivity index (χ2v) is 7.34. The fourth-order valence-corrected chi connectivity index (χ4v) is 3.79. The maximum Gasteiger partial charge on any atom is 0.331 e. The summed E-state index contributed by atoms with van der Waals surface area (Å²) in [7, 11) is 1.35. The molecule has 1 aliphatic rings. The number of esters is 1. The minimum Gasteiger partial charge on any atom is -0.467 e. The molecule has 2 aromatic rings. The van der Waals surface area contributed by atoms with Crippen molar-refractivity contribution < 1.29 is 23.1 Å². The Balaban J connectivity index is 1.55. The van der Waals surface area contributed by atoms with Crippen molar-refractivity contribution in [3.63, 3.8) is 0 Å². The standard InChI is InChI=1S/C20H18F2N2O3S/c1-27-20(26)17-11-28-19(24-17)9-12-2-4-16(5-3-12)23-18(25)8-13-6-14(21)10-15(22)7-13/h2-7,10,17H,8-9,11H2,1H3,(H,23,25)/t17-/m1/s1. The van der Waals surface area contributed by atoms with Crippen molar-refractivity contribution in [2.45, 2.75) is 18.9 Å². The number of benzene rings is 2. The van der Waals surface area contributed by atoms with Crippen molar-refractivity contribution >= 4 is 34.4 Å². The lowest BCUT2D eigenvalue weighted by molar-refractivity contribution is -0.141. The van der Waals surface area contributed by atoms with Gasteiger partial charge in [-0.25, -0.2) is 13.6 Å². The smallest absolute Gasteiger partial charge is 0.331 e. The van der Waals surface area contributed by atoms with Gasteiger partial charge >= 0.3 is 5.97 Å². The fraction of sp³-hybridized carbons (Fsp3) is 0.250. The van der Waals surface area contributed by atoms with Crippen LogP contribution in [0.15, 0.2) is 47.5 Å². The van der Waals surface area contributed by atoms with E-state index < -0.39 is 17.7 Å². The molecular weight excluding hydrogens is 386 g/mol. The van der Waals surface area contributed by atoms with E-state index >= 15 is 0 Å². The van der Waals surface area contributed by atoms with Crippen LogP contribution in [0.3, 0.4) is 0 Å². The van der Waals surface area contributed by atoms with E-state index in [1.807, 2.05) is 12.1 Å². The topological polar surface area (TPSA) is 67.8 Å². The van der Waals surface area contributed by atoms with Gasteiger partial charge in [-0.3, -0.25) is 9.79 Å². The highest BCUT2D eigenvalue weighted by Crippen LogP contribution is 2.22. The third-order valence-electron chi connectivity index (χ3n) is 4.06. The lowest BCUT2D eigenvalue weighted by Gasteiger charge is -2.07. The van der Waals surface area contributed by atoms with Crippen molar-refractivity contribution in [3.8, 4) is 0 Å². The van der Waals surface area contributed by atoms with Gasteiger partial charge in [-0.2, -0.15) is 0 Å². The quantitative estimate of drug-likeness (QED) is 0.750. The van der Waals surface area contributed by atoms with Gasteiger partial charge in [-0.15, -0.1) is 11.8 Å². The minimum atomic E-state index is -0.714. The Bertz CT molecular complexity index is 896. The summed E-state index contributed by atoms with van der Waals surface area (Å²) in [6, 6.07) is 9.78. The van der Waals surface area contributed by atoms with Crippen LogP contribution in [0.4, 0.5) is 14.5 Å². The van der Waals surface area contributed by atoms with E-state index in [4.69, 9.17) is 4.74 Å². The number of thioether (sulfide) groups is 1. The van der Waals surface area contributed by atoms with Gasteiger partial charge in [0, 0.05) is 23.9 Å². The Morgan fingerprint density at radius 1 is 1.14 bits per heavy atom. The van der Waals surface area contributed by atoms with Gasteiger partial charge in [0.05, 0.1) is 18.6 Å². The van der Waals surface area contributed by atoms with Crippen LogP contribution in [-0.4, -0.2) is 35.8 Å². The molecule has 28 heavy (non-hydrogen) atoms. The van der Waals surface area contributed by atoms with Gasteiger partial charge in [-0.05, 0) is 35.4 Å². The predicted octanol–water partition coefficient (Wildman–Crippen LogP) is 3.38. The Morgan fingerprint density at radius 3 is 2.46 bits per heavy atom. The second-order valence-electron chi connectivity index (χ2n) is 6.25. The first kappa shape index (κ1) is 20.0. The van der Waals surface area contributed by atoms with E-state index in [0.717, 1.165) is 28.8 Å². The molecule has 146 valence electrons. The summed E-state index contributed by atoms with van der Waals surface area (Å²) in [5.74, 6) is -1.55. The number of ether oxygens (including phenoxy) is 1. The monoisotopic (exact) mass is 404 g/mol. The van der Waals surface area contributed by atoms with E-state index in [2.05, 4.69) is 10.3 Å². The molecular formula is C20H18F2N2O3S. The lowest BCUT2D eigenvalue weighted by atomic mass is 10.1. The number of hydrogen-bond acceptors (Lipinski definition) is 5. The van der Waals surface area contributed by atoms with Crippen molar-refractivity contribution in [1.82, 2.24) is 0 Å². The van der Waals surface area contributed by atoms with Gasteiger partial charge in [0.1, 0.15) is 11.6 Å². The third-order valence-corrected chi connectivity index (χ3v) is 5.13. The lowest BCUT2D eigenvalue weighted by Crippen LogP contribution is -2.19.